The Kier molecular flexibility index (Phi) is 4.70. The van der Waals surface area contributed by atoms with E-state index < -0.39 is 0 Å². The first kappa shape index (κ1) is 16.0. The molecule has 1 aliphatic rings. The monoisotopic (exact) mass is 372 g/mol. The second-order valence-corrected chi connectivity index (χ2v) is 7.82. The zero-order chi connectivity index (χ0) is 16.4. The third kappa shape index (κ3) is 3.26. The van der Waals surface area contributed by atoms with Crippen molar-refractivity contribution in [1.82, 2.24) is 0 Å². The molecule has 1 aliphatic heterocycles. The molecule has 0 bridgehead atoms. The van der Waals surface area contributed by atoms with Crippen LogP contribution in [-0.4, -0.2) is 27.5 Å². The van der Waals surface area contributed by atoms with E-state index in [1.807, 2.05) is 6.92 Å². The molecule has 0 radical (unpaired) electrons. The van der Waals surface area contributed by atoms with Crippen molar-refractivity contribution in [3.05, 3.63) is 75.3 Å². The van der Waals surface area contributed by atoms with Crippen LogP contribution in [0.3, 0.4) is 0 Å². The van der Waals surface area contributed by atoms with Gasteiger partial charge in [-0.2, -0.15) is 0 Å². The second-order valence-electron chi connectivity index (χ2n) is 5.77. The fourth-order valence-electron chi connectivity index (χ4n) is 2.77. The molecule has 1 heterocycles. The van der Waals surface area contributed by atoms with E-state index in [0.29, 0.717) is 11.4 Å². The fourth-order valence-corrected chi connectivity index (χ4v) is 5.21. The van der Waals surface area contributed by atoms with Crippen molar-refractivity contribution in [1.29, 1.82) is 0 Å². The summed E-state index contributed by atoms with van der Waals surface area (Å²) >= 11 is 0.194. The van der Waals surface area contributed by atoms with E-state index in [4.69, 9.17) is 4.74 Å². The zero-order valence-electron chi connectivity index (χ0n) is 13.6. The van der Waals surface area contributed by atoms with Crippen LogP contribution >= 0.6 is 0 Å². The van der Waals surface area contributed by atoms with Crippen LogP contribution in [0, 0.1) is 13.8 Å². The summed E-state index contributed by atoms with van der Waals surface area (Å²) in [7, 11) is 0. The standard InChI is InChI=1S/C20H20O2Se/c1-4-22-20(21)18-12-23-19(15-8-5-13(2)6-9-15)16-10-7-14(3)11-17(16)18/h5-12,19H,4H2,1-3H3. The summed E-state index contributed by atoms with van der Waals surface area (Å²) in [5.41, 5.74) is 6.75. The molecule has 23 heavy (non-hydrogen) atoms. The normalized spacial score (nSPS) is 16.5. The molecule has 0 amide bonds. The number of hydrogen-bond donors (Lipinski definition) is 0. The summed E-state index contributed by atoms with van der Waals surface area (Å²) in [4.78, 5) is 14.7. The number of rotatable bonds is 3. The predicted octanol–water partition coefficient (Wildman–Crippen LogP) is 4.01. The molecular formula is C20H20O2Se. The van der Waals surface area contributed by atoms with Gasteiger partial charge in [-0.15, -0.1) is 0 Å². The summed E-state index contributed by atoms with van der Waals surface area (Å²) in [6.07, 6.45) is 0. The van der Waals surface area contributed by atoms with Gasteiger partial charge in [-0.05, 0) is 0 Å². The fraction of sp³-hybridized carbons (Fsp3) is 0.250. The number of fused-ring (bicyclic) bond motifs is 1. The van der Waals surface area contributed by atoms with Crippen LogP contribution in [-0.2, 0) is 9.53 Å². The number of benzene rings is 2. The maximum atomic E-state index is 12.3. The van der Waals surface area contributed by atoms with Crippen LogP contribution < -0.4 is 0 Å². The Labute approximate surface area is 143 Å². The van der Waals surface area contributed by atoms with E-state index in [1.54, 1.807) is 0 Å². The molecule has 2 nitrogen and oxygen atoms in total. The van der Waals surface area contributed by atoms with Crippen molar-refractivity contribution < 1.29 is 9.53 Å². The Hall–Kier alpha value is -1.83. The van der Waals surface area contributed by atoms with Crippen LogP contribution in [0.25, 0.3) is 5.57 Å². The first-order valence-corrected chi connectivity index (χ1v) is 9.78. The molecule has 0 aliphatic carbocycles. The van der Waals surface area contributed by atoms with E-state index in [1.165, 1.54) is 16.7 Å². The third-order valence-corrected chi connectivity index (χ3v) is 6.43. The van der Waals surface area contributed by atoms with E-state index in [-0.39, 0.29) is 20.9 Å². The average Bonchev–Trinajstić information content (AvgIpc) is 2.54. The molecule has 0 saturated carbocycles. The molecule has 1 atom stereocenters. The SMILES string of the molecule is CCOC(=O)C1=C[Se]C(c2ccc(C)cc2)c2ccc(C)cc21. The van der Waals surface area contributed by atoms with E-state index in [0.717, 1.165) is 16.7 Å². The number of ether oxygens (including phenoxy) is 1. The Morgan fingerprint density at radius 3 is 2.48 bits per heavy atom. The molecule has 2 aromatic rings. The third-order valence-electron chi connectivity index (χ3n) is 3.98. The van der Waals surface area contributed by atoms with Gasteiger partial charge in [0.05, 0.1) is 0 Å². The topological polar surface area (TPSA) is 26.3 Å². The molecule has 0 fully saturated rings. The predicted molar refractivity (Wildman–Crippen MR) is 94.6 cm³/mol. The Balaban J connectivity index is 2.05. The minimum atomic E-state index is -0.205. The molecule has 3 heteroatoms. The zero-order valence-corrected chi connectivity index (χ0v) is 15.3. The van der Waals surface area contributed by atoms with Crippen LogP contribution in [0.1, 0.15) is 39.6 Å². The molecule has 2 aromatic carbocycles. The quantitative estimate of drug-likeness (QED) is 0.602. The molecule has 1 unspecified atom stereocenters. The number of esters is 1. The Morgan fingerprint density at radius 1 is 1.09 bits per heavy atom. The van der Waals surface area contributed by atoms with Gasteiger partial charge in [-0.3, -0.25) is 0 Å². The van der Waals surface area contributed by atoms with Crippen molar-refractivity contribution in [2.45, 2.75) is 25.6 Å². The Morgan fingerprint density at radius 2 is 1.78 bits per heavy atom. The Bertz CT molecular complexity index is 760. The first-order chi connectivity index (χ1) is 11.1. The van der Waals surface area contributed by atoms with Crippen molar-refractivity contribution >= 4 is 26.5 Å². The number of aryl methyl sites for hydroxylation is 2. The second kappa shape index (κ2) is 6.74. The van der Waals surface area contributed by atoms with Gasteiger partial charge in [0.25, 0.3) is 0 Å². The molecule has 0 N–H and O–H groups in total. The van der Waals surface area contributed by atoms with Crippen molar-refractivity contribution in [3.8, 4) is 0 Å². The molecule has 3 rings (SSSR count). The summed E-state index contributed by atoms with van der Waals surface area (Å²) in [5.74, 6) is -0.205. The average molecular weight is 371 g/mol. The van der Waals surface area contributed by atoms with Crippen molar-refractivity contribution in [2.24, 2.45) is 0 Å². The molecular weight excluding hydrogens is 351 g/mol. The summed E-state index contributed by atoms with van der Waals surface area (Å²) in [6, 6.07) is 15.1. The van der Waals surface area contributed by atoms with Crippen LogP contribution in [0.15, 0.2) is 47.4 Å². The van der Waals surface area contributed by atoms with Gasteiger partial charge >= 0.3 is 143 Å². The van der Waals surface area contributed by atoms with Gasteiger partial charge in [0.15, 0.2) is 0 Å². The van der Waals surface area contributed by atoms with Crippen LogP contribution in [0.4, 0.5) is 0 Å². The van der Waals surface area contributed by atoms with E-state index in [2.05, 4.69) is 61.3 Å². The van der Waals surface area contributed by atoms with E-state index in [9.17, 15) is 4.79 Å². The molecule has 0 spiro atoms. The van der Waals surface area contributed by atoms with Gasteiger partial charge in [-0.25, -0.2) is 0 Å². The van der Waals surface area contributed by atoms with Gasteiger partial charge in [0.2, 0.25) is 0 Å². The van der Waals surface area contributed by atoms with Gasteiger partial charge in [0, 0.05) is 0 Å². The minimum absolute atomic E-state index is 0.194. The van der Waals surface area contributed by atoms with Gasteiger partial charge < -0.3 is 0 Å². The van der Waals surface area contributed by atoms with Crippen LogP contribution in [0.5, 0.6) is 0 Å². The summed E-state index contributed by atoms with van der Waals surface area (Å²) in [6.45, 7) is 6.42. The van der Waals surface area contributed by atoms with Gasteiger partial charge in [-0.1, -0.05) is 0 Å². The molecule has 0 aromatic heterocycles. The molecule has 118 valence electrons. The number of carbonyl (C=O) groups is 1. The van der Waals surface area contributed by atoms with Crippen LogP contribution in [0.2, 0.25) is 0 Å². The van der Waals surface area contributed by atoms with Crippen molar-refractivity contribution in [3.63, 3.8) is 0 Å². The number of hydrogen-bond acceptors (Lipinski definition) is 2. The van der Waals surface area contributed by atoms with Gasteiger partial charge in [0.1, 0.15) is 0 Å². The number of carbonyl (C=O) groups excluding carboxylic acids is 1. The first-order valence-electron chi connectivity index (χ1n) is 7.80. The summed E-state index contributed by atoms with van der Waals surface area (Å²) in [5, 5.41) is 0. The van der Waals surface area contributed by atoms with E-state index >= 15 is 0 Å². The maximum absolute atomic E-state index is 12.3. The van der Waals surface area contributed by atoms with Crippen molar-refractivity contribution in [2.75, 3.05) is 6.61 Å². The summed E-state index contributed by atoms with van der Waals surface area (Å²) < 4.78 is 5.24. The molecule has 0 saturated heterocycles.